The third-order valence-electron chi connectivity index (χ3n) is 3.51. The first kappa shape index (κ1) is 15.1. The Labute approximate surface area is 120 Å². The van der Waals surface area contributed by atoms with Gasteiger partial charge < -0.3 is 19.3 Å². The zero-order chi connectivity index (χ0) is 15.1. The lowest BCUT2D eigenvalue weighted by Crippen LogP contribution is -2.20. The van der Waals surface area contributed by atoms with Crippen LogP contribution in [0.1, 0.15) is 51.8 Å². The second kappa shape index (κ2) is 4.93. The molecule has 1 saturated heterocycles. The van der Waals surface area contributed by atoms with Crippen molar-refractivity contribution in [3.8, 4) is 11.5 Å². The first-order valence-corrected chi connectivity index (χ1v) is 6.87. The molecule has 1 aromatic rings. The highest BCUT2D eigenvalue weighted by molar-refractivity contribution is 5.50. The Bertz CT molecular complexity index is 500. The highest BCUT2D eigenvalue weighted by atomic mass is 16.7. The van der Waals surface area contributed by atoms with Gasteiger partial charge in [-0.1, -0.05) is 20.8 Å². The van der Waals surface area contributed by atoms with Crippen molar-refractivity contribution in [3.05, 3.63) is 23.3 Å². The van der Waals surface area contributed by atoms with Gasteiger partial charge in [-0.25, -0.2) is 0 Å². The zero-order valence-electron chi connectivity index (χ0n) is 13.1. The summed E-state index contributed by atoms with van der Waals surface area (Å²) in [7, 11) is 1.62. The Balaban J connectivity index is 2.48. The van der Waals surface area contributed by atoms with Crippen molar-refractivity contribution in [2.45, 2.75) is 51.9 Å². The van der Waals surface area contributed by atoms with E-state index >= 15 is 0 Å². The van der Waals surface area contributed by atoms with Gasteiger partial charge in [0.05, 0.1) is 13.7 Å². The summed E-state index contributed by atoms with van der Waals surface area (Å²) in [5.41, 5.74) is 1.39. The van der Waals surface area contributed by atoms with Crippen LogP contribution in [0.25, 0.3) is 0 Å². The van der Waals surface area contributed by atoms with Gasteiger partial charge in [0, 0.05) is 11.1 Å². The van der Waals surface area contributed by atoms with E-state index in [1.165, 1.54) is 0 Å². The quantitative estimate of drug-likeness (QED) is 0.900. The van der Waals surface area contributed by atoms with Crippen molar-refractivity contribution in [1.82, 2.24) is 0 Å². The molecule has 4 nitrogen and oxygen atoms in total. The molecule has 0 bridgehead atoms. The van der Waals surface area contributed by atoms with Crippen LogP contribution in [0.15, 0.2) is 12.1 Å². The number of phenolic OH excluding ortho intramolecular Hbond substituents is 1. The van der Waals surface area contributed by atoms with Crippen molar-refractivity contribution in [1.29, 1.82) is 0 Å². The van der Waals surface area contributed by atoms with Crippen LogP contribution >= 0.6 is 0 Å². The molecule has 0 aromatic heterocycles. The highest BCUT2D eigenvalue weighted by Crippen LogP contribution is 2.43. The van der Waals surface area contributed by atoms with E-state index in [0.717, 1.165) is 16.9 Å². The fourth-order valence-corrected chi connectivity index (χ4v) is 2.40. The minimum Gasteiger partial charge on any atom is -0.507 e. The molecular weight excluding hydrogens is 256 g/mol. The highest BCUT2D eigenvalue weighted by Gasteiger charge is 2.36. The fourth-order valence-electron chi connectivity index (χ4n) is 2.40. The molecule has 1 atom stereocenters. The molecule has 0 saturated carbocycles. The van der Waals surface area contributed by atoms with E-state index in [1.54, 1.807) is 7.11 Å². The number of ether oxygens (including phenoxy) is 3. The minimum absolute atomic E-state index is 0.178. The number of methoxy groups -OCH3 is 1. The maximum Gasteiger partial charge on any atom is 0.163 e. The molecule has 4 heteroatoms. The Morgan fingerprint density at radius 2 is 1.95 bits per heavy atom. The number of aromatic hydroxyl groups is 1. The third kappa shape index (κ3) is 2.91. The molecule has 0 amide bonds. The lowest BCUT2D eigenvalue weighted by Gasteiger charge is -2.25. The number of rotatable bonds is 2. The Hall–Kier alpha value is -1.26. The Kier molecular flexibility index (Phi) is 3.73. The van der Waals surface area contributed by atoms with Gasteiger partial charge in [0.1, 0.15) is 17.6 Å². The standard InChI is InChI=1S/C16H24O4/c1-15(2,3)12-8-10(18-6)7-11(14(12)17)13-9-19-16(4,5)20-13/h7-8,13,17H,9H2,1-6H3/t13-/m1/s1. The van der Waals surface area contributed by atoms with Crippen molar-refractivity contribution in [3.63, 3.8) is 0 Å². The molecule has 0 radical (unpaired) electrons. The lowest BCUT2D eigenvalue weighted by atomic mass is 9.84. The first-order chi connectivity index (χ1) is 9.14. The molecule has 0 spiro atoms. The van der Waals surface area contributed by atoms with Crippen LogP contribution in [0.5, 0.6) is 11.5 Å². The number of benzene rings is 1. The molecule has 2 rings (SSSR count). The molecule has 1 aliphatic rings. The molecule has 1 fully saturated rings. The SMILES string of the molecule is COc1cc([C@H]2COC(C)(C)O2)c(O)c(C(C)(C)C)c1. The third-order valence-corrected chi connectivity index (χ3v) is 3.51. The van der Waals surface area contributed by atoms with Crippen molar-refractivity contribution >= 4 is 0 Å². The van der Waals surface area contributed by atoms with E-state index in [2.05, 4.69) is 20.8 Å². The van der Waals surface area contributed by atoms with E-state index in [9.17, 15) is 5.11 Å². The zero-order valence-corrected chi connectivity index (χ0v) is 13.1. The summed E-state index contributed by atoms with van der Waals surface area (Å²) in [5, 5.41) is 10.6. The topological polar surface area (TPSA) is 47.9 Å². The summed E-state index contributed by atoms with van der Waals surface area (Å²) < 4.78 is 16.8. The molecule has 1 heterocycles. The summed E-state index contributed by atoms with van der Waals surface area (Å²) in [6.07, 6.45) is -0.277. The van der Waals surface area contributed by atoms with Crippen molar-refractivity contribution in [2.24, 2.45) is 0 Å². The van der Waals surface area contributed by atoms with E-state index < -0.39 is 5.79 Å². The molecule has 20 heavy (non-hydrogen) atoms. The Morgan fingerprint density at radius 3 is 2.40 bits per heavy atom. The normalized spacial score (nSPS) is 22.0. The predicted octanol–water partition coefficient (Wildman–Crippen LogP) is 3.52. The summed E-state index contributed by atoms with van der Waals surface area (Å²) >= 11 is 0. The smallest absolute Gasteiger partial charge is 0.163 e. The molecule has 112 valence electrons. The average Bonchev–Trinajstić information content (AvgIpc) is 2.68. The Morgan fingerprint density at radius 1 is 1.30 bits per heavy atom. The van der Waals surface area contributed by atoms with Crippen LogP contribution in [-0.2, 0) is 14.9 Å². The summed E-state index contributed by atoms with van der Waals surface area (Å²) in [4.78, 5) is 0. The maximum atomic E-state index is 10.6. The van der Waals surface area contributed by atoms with E-state index in [4.69, 9.17) is 14.2 Å². The van der Waals surface area contributed by atoms with E-state index in [0.29, 0.717) is 6.61 Å². The summed E-state index contributed by atoms with van der Waals surface area (Å²) in [5.74, 6) is 0.364. The second-order valence-corrected chi connectivity index (χ2v) is 6.68. The minimum atomic E-state index is -0.623. The molecule has 1 aromatic carbocycles. The average molecular weight is 280 g/mol. The molecule has 0 unspecified atom stereocenters. The molecular formula is C16H24O4. The van der Waals surface area contributed by atoms with Gasteiger partial charge in [0.25, 0.3) is 0 Å². The fraction of sp³-hybridized carbons (Fsp3) is 0.625. The van der Waals surface area contributed by atoms with Gasteiger partial charge in [-0.3, -0.25) is 0 Å². The number of hydrogen-bond acceptors (Lipinski definition) is 4. The van der Waals surface area contributed by atoms with Crippen molar-refractivity contribution in [2.75, 3.05) is 13.7 Å². The number of hydrogen-bond donors (Lipinski definition) is 1. The van der Waals surface area contributed by atoms with Crippen LogP contribution in [0, 0.1) is 0 Å². The van der Waals surface area contributed by atoms with Gasteiger partial charge in [-0.15, -0.1) is 0 Å². The summed E-state index contributed by atoms with van der Waals surface area (Å²) in [6.45, 7) is 10.3. The maximum absolute atomic E-state index is 10.6. The van der Waals surface area contributed by atoms with Gasteiger partial charge in [-0.05, 0) is 31.4 Å². The van der Waals surface area contributed by atoms with Gasteiger partial charge in [0.15, 0.2) is 5.79 Å². The van der Waals surface area contributed by atoms with Crippen LogP contribution in [0.4, 0.5) is 0 Å². The molecule has 1 aliphatic heterocycles. The van der Waals surface area contributed by atoms with Crippen molar-refractivity contribution < 1.29 is 19.3 Å². The van der Waals surface area contributed by atoms with E-state index in [1.807, 2.05) is 26.0 Å². The number of phenols is 1. The van der Waals surface area contributed by atoms with Crippen LogP contribution in [-0.4, -0.2) is 24.6 Å². The van der Waals surface area contributed by atoms with Gasteiger partial charge in [0.2, 0.25) is 0 Å². The van der Waals surface area contributed by atoms with Crippen LogP contribution in [0.2, 0.25) is 0 Å². The van der Waals surface area contributed by atoms with Crippen LogP contribution in [0.3, 0.4) is 0 Å². The lowest BCUT2D eigenvalue weighted by molar-refractivity contribution is -0.139. The first-order valence-electron chi connectivity index (χ1n) is 6.87. The summed E-state index contributed by atoms with van der Waals surface area (Å²) in [6, 6.07) is 3.69. The second-order valence-electron chi connectivity index (χ2n) is 6.68. The van der Waals surface area contributed by atoms with Gasteiger partial charge in [-0.2, -0.15) is 0 Å². The molecule has 0 aliphatic carbocycles. The van der Waals surface area contributed by atoms with E-state index in [-0.39, 0.29) is 17.3 Å². The predicted molar refractivity (Wildman–Crippen MR) is 77.2 cm³/mol. The van der Waals surface area contributed by atoms with Gasteiger partial charge >= 0.3 is 0 Å². The molecule has 1 N–H and O–H groups in total. The largest absolute Gasteiger partial charge is 0.507 e. The monoisotopic (exact) mass is 280 g/mol. The van der Waals surface area contributed by atoms with Crippen LogP contribution < -0.4 is 4.74 Å².